The van der Waals surface area contributed by atoms with Crippen molar-refractivity contribution in [1.82, 2.24) is 5.32 Å². The van der Waals surface area contributed by atoms with Crippen LogP contribution in [0.3, 0.4) is 0 Å². The molecule has 2 aromatic carbocycles. The van der Waals surface area contributed by atoms with Gasteiger partial charge in [-0.2, -0.15) is 13.2 Å². The first-order valence-electron chi connectivity index (χ1n) is 7.42. The molecule has 0 bridgehead atoms. The lowest BCUT2D eigenvalue weighted by Gasteiger charge is -2.14. The molecule has 2 aromatic rings. The van der Waals surface area contributed by atoms with Gasteiger partial charge in [-0.1, -0.05) is 23.2 Å². The van der Waals surface area contributed by atoms with Gasteiger partial charge in [0.15, 0.2) is 5.75 Å². The summed E-state index contributed by atoms with van der Waals surface area (Å²) in [5.74, 6) is -3.03. The third-order valence-electron chi connectivity index (χ3n) is 3.36. The van der Waals surface area contributed by atoms with Crippen molar-refractivity contribution in [3.8, 4) is 11.5 Å². The highest BCUT2D eigenvalue weighted by atomic mass is 35.5. The fourth-order valence-electron chi connectivity index (χ4n) is 2.11. The van der Waals surface area contributed by atoms with Crippen molar-refractivity contribution in [3.63, 3.8) is 0 Å². The van der Waals surface area contributed by atoms with Gasteiger partial charge in [0.2, 0.25) is 0 Å². The minimum atomic E-state index is -4.70. The minimum Gasteiger partial charge on any atom is -0.480 e. The van der Waals surface area contributed by atoms with E-state index in [2.05, 4.69) is 0 Å². The molecule has 0 aliphatic heterocycles. The van der Waals surface area contributed by atoms with E-state index in [-0.39, 0.29) is 11.5 Å². The average Bonchev–Trinajstić information content (AvgIpc) is 2.61. The van der Waals surface area contributed by atoms with E-state index in [9.17, 15) is 32.9 Å². The van der Waals surface area contributed by atoms with Crippen molar-refractivity contribution in [2.24, 2.45) is 0 Å². The number of nitro groups is 1. The first kappa shape index (κ1) is 22.2. The number of halogens is 5. The summed E-state index contributed by atoms with van der Waals surface area (Å²) < 4.78 is 43.7. The predicted molar refractivity (Wildman–Crippen MR) is 94.6 cm³/mol. The van der Waals surface area contributed by atoms with E-state index in [1.54, 1.807) is 0 Å². The Morgan fingerprint density at radius 2 is 1.76 bits per heavy atom. The molecule has 0 radical (unpaired) electrons. The Balaban J connectivity index is 2.42. The topological polar surface area (TPSA) is 119 Å². The highest BCUT2D eigenvalue weighted by molar-refractivity contribution is 6.37. The number of ether oxygens (including phenoxy) is 1. The van der Waals surface area contributed by atoms with Crippen LogP contribution in [0.1, 0.15) is 15.9 Å². The van der Waals surface area contributed by atoms with Gasteiger partial charge in [-0.25, -0.2) is 0 Å². The van der Waals surface area contributed by atoms with E-state index in [0.29, 0.717) is 12.1 Å². The SMILES string of the molecule is O=C(O)CNC(=O)c1cc(Oc2c(Cl)cc(C(F)(F)F)cc2Cl)ccc1[N+](=O)[O-]. The molecule has 0 saturated carbocycles. The van der Waals surface area contributed by atoms with Gasteiger partial charge in [0, 0.05) is 12.1 Å². The van der Waals surface area contributed by atoms with Crippen LogP contribution in [0.4, 0.5) is 18.9 Å². The zero-order chi connectivity index (χ0) is 21.9. The fourth-order valence-corrected chi connectivity index (χ4v) is 2.67. The number of carboxylic acid groups (broad SMARTS) is 1. The molecule has 29 heavy (non-hydrogen) atoms. The number of benzene rings is 2. The van der Waals surface area contributed by atoms with Crippen LogP contribution in [0.2, 0.25) is 10.0 Å². The Kier molecular flexibility index (Phi) is 6.55. The van der Waals surface area contributed by atoms with Crippen LogP contribution in [-0.2, 0) is 11.0 Å². The molecule has 13 heteroatoms. The predicted octanol–water partition coefficient (Wildman–Crippen LogP) is 4.53. The molecule has 0 heterocycles. The van der Waals surface area contributed by atoms with Crippen molar-refractivity contribution in [2.75, 3.05) is 6.54 Å². The van der Waals surface area contributed by atoms with Crippen molar-refractivity contribution in [2.45, 2.75) is 6.18 Å². The Morgan fingerprint density at radius 1 is 1.17 bits per heavy atom. The number of nitrogens with zero attached hydrogens (tertiary/aromatic N) is 1. The smallest absolute Gasteiger partial charge is 0.416 e. The third-order valence-corrected chi connectivity index (χ3v) is 3.92. The molecule has 2 N–H and O–H groups in total. The van der Waals surface area contributed by atoms with Gasteiger partial charge in [0.1, 0.15) is 17.9 Å². The molecule has 1 amide bonds. The standard InChI is InChI=1S/C16H9Cl2F3N2O6/c17-10-3-7(16(19,20)21)4-11(18)14(10)29-8-1-2-12(23(27)28)9(5-8)15(26)22-6-13(24)25/h1-5H,6H2,(H,22,26)(H,24,25). The van der Waals surface area contributed by atoms with Crippen molar-refractivity contribution in [3.05, 3.63) is 61.6 Å². The highest BCUT2D eigenvalue weighted by Gasteiger charge is 2.32. The number of carboxylic acids is 1. The number of nitro benzene ring substituents is 1. The van der Waals surface area contributed by atoms with Gasteiger partial charge < -0.3 is 15.2 Å². The van der Waals surface area contributed by atoms with E-state index >= 15 is 0 Å². The summed E-state index contributed by atoms with van der Waals surface area (Å²) in [4.78, 5) is 32.8. The van der Waals surface area contributed by atoms with E-state index in [4.69, 9.17) is 33.0 Å². The number of hydrogen-bond donors (Lipinski definition) is 2. The molecule has 0 atom stereocenters. The number of alkyl halides is 3. The van der Waals surface area contributed by atoms with Gasteiger partial charge in [0.25, 0.3) is 11.6 Å². The first-order chi connectivity index (χ1) is 13.4. The minimum absolute atomic E-state index is 0.209. The molecule has 0 saturated heterocycles. The second-order valence-electron chi connectivity index (χ2n) is 5.38. The largest absolute Gasteiger partial charge is 0.480 e. The zero-order valence-electron chi connectivity index (χ0n) is 13.9. The number of amides is 1. The van der Waals surface area contributed by atoms with Crippen LogP contribution in [0.15, 0.2) is 30.3 Å². The fraction of sp³-hybridized carbons (Fsp3) is 0.125. The third kappa shape index (κ3) is 5.48. The molecule has 0 fully saturated rings. The van der Waals surface area contributed by atoms with E-state index in [0.717, 1.165) is 18.2 Å². The first-order valence-corrected chi connectivity index (χ1v) is 8.18. The summed E-state index contributed by atoms with van der Waals surface area (Å²) in [6, 6.07) is 4.02. The molecule has 8 nitrogen and oxygen atoms in total. The Hall–Kier alpha value is -3.05. The van der Waals surface area contributed by atoms with Crippen LogP contribution in [0, 0.1) is 10.1 Å². The van der Waals surface area contributed by atoms with E-state index < -0.39 is 56.4 Å². The van der Waals surface area contributed by atoms with Crippen LogP contribution in [-0.4, -0.2) is 28.5 Å². The molecule has 2 rings (SSSR count). The van der Waals surface area contributed by atoms with E-state index in [1.807, 2.05) is 5.32 Å². The van der Waals surface area contributed by atoms with Crippen LogP contribution < -0.4 is 10.1 Å². The Labute approximate surface area is 169 Å². The number of rotatable bonds is 6. The molecular weight excluding hydrogens is 444 g/mol. The van der Waals surface area contributed by atoms with Gasteiger partial charge in [-0.3, -0.25) is 19.7 Å². The summed E-state index contributed by atoms with van der Waals surface area (Å²) in [6.07, 6.45) is -4.70. The van der Waals surface area contributed by atoms with E-state index in [1.165, 1.54) is 0 Å². The monoisotopic (exact) mass is 452 g/mol. The van der Waals surface area contributed by atoms with Crippen molar-refractivity contribution < 1.29 is 37.5 Å². The zero-order valence-corrected chi connectivity index (χ0v) is 15.4. The summed E-state index contributed by atoms with van der Waals surface area (Å²) in [5, 5.41) is 20.7. The molecule has 154 valence electrons. The average molecular weight is 453 g/mol. The summed E-state index contributed by atoms with van der Waals surface area (Å²) in [5.41, 5.74) is -2.30. The lowest BCUT2D eigenvalue weighted by Crippen LogP contribution is -2.29. The molecule has 0 aliphatic carbocycles. The quantitative estimate of drug-likeness (QED) is 0.490. The number of aliphatic carboxylic acids is 1. The van der Waals surface area contributed by atoms with Crippen LogP contribution in [0.25, 0.3) is 0 Å². The number of nitrogens with one attached hydrogen (secondary N) is 1. The second kappa shape index (κ2) is 8.53. The van der Waals surface area contributed by atoms with Gasteiger partial charge in [-0.15, -0.1) is 0 Å². The highest BCUT2D eigenvalue weighted by Crippen LogP contribution is 2.42. The maximum atomic E-state index is 12.8. The molecule has 0 spiro atoms. The normalized spacial score (nSPS) is 11.1. The second-order valence-corrected chi connectivity index (χ2v) is 6.20. The number of carbonyl (C=O) groups excluding carboxylic acids is 1. The summed E-state index contributed by atoms with van der Waals surface area (Å²) in [6.45, 7) is -0.794. The molecule has 0 unspecified atom stereocenters. The number of carbonyl (C=O) groups is 2. The molecule has 0 aliphatic rings. The maximum absolute atomic E-state index is 12.8. The Bertz CT molecular complexity index is 974. The van der Waals surface area contributed by atoms with Crippen LogP contribution >= 0.6 is 23.2 Å². The lowest BCUT2D eigenvalue weighted by atomic mass is 10.1. The lowest BCUT2D eigenvalue weighted by molar-refractivity contribution is -0.385. The van der Waals surface area contributed by atoms with Crippen molar-refractivity contribution in [1.29, 1.82) is 0 Å². The number of hydrogen-bond acceptors (Lipinski definition) is 5. The summed E-state index contributed by atoms with van der Waals surface area (Å²) in [7, 11) is 0. The summed E-state index contributed by atoms with van der Waals surface area (Å²) >= 11 is 11.6. The molecular formula is C16H9Cl2F3N2O6. The molecule has 0 aromatic heterocycles. The van der Waals surface area contributed by atoms with Gasteiger partial charge >= 0.3 is 12.1 Å². The van der Waals surface area contributed by atoms with Gasteiger partial charge in [-0.05, 0) is 18.2 Å². The van der Waals surface area contributed by atoms with Crippen molar-refractivity contribution >= 4 is 40.8 Å². The Morgan fingerprint density at radius 3 is 2.24 bits per heavy atom. The van der Waals surface area contributed by atoms with Gasteiger partial charge in [0.05, 0.1) is 20.5 Å². The maximum Gasteiger partial charge on any atom is 0.416 e. The van der Waals surface area contributed by atoms with Crippen LogP contribution in [0.5, 0.6) is 11.5 Å².